The summed E-state index contributed by atoms with van der Waals surface area (Å²) in [5, 5.41) is 8.78. The Kier molecular flexibility index (Phi) is 11.8. The van der Waals surface area contributed by atoms with Crippen molar-refractivity contribution >= 4 is 5.97 Å². The molecule has 0 radical (unpaired) electrons. The second-order valence-corrected chi connectivity index (χ2v) is 7.70. The molecule has 0 amide bonds. The second kappa shape index (κ2) is 13.8. The number of allylic oxidation sites excluding steroid dienone is 3. The van der Waals surface area contributed by atoms with Crippen LogP contribution >= 0.6 is 0 Å². The number of aliphatic carboxylic acids is 1. The molecule has 4 nitrogen and oxygen atoms in total. The number of hydrogen-bond donors (Lipinski definition) is 1. The van der Waals surface area contributed by atoms with E-state index in [0.29, 0.717) is 12.1 Å². The van der Waals surface area contributed by atoms with Crippen molar-refractivity contribution in [1.82, 2.24) is 9.80 Å². The maximum absolute atomic E-state index is 14.3. The Hall–Kier alpha value is -2.40. The molecule has 1 aromatic rings. The van der Waals surface area contributed by atoms with E-state index in [2.05, 4.69) is 36.0 Å². The smallest absolute Gasteiger partial charge is 0.303 e. The number of carboxylic acids is 1. The maximum atomic E-state index is 14.3. The van der Waals surface area contributed by atoms with Crippen LogP contribution in [0.15, 0.2) is 54.8 Å². The topological polar surface area (TPSA) is 43.8 Å². The molecule has 0 saturated heterocycles. The van der Waals surface area contributed by atoms with E-state index >= 15 is 0 Å². The molecule has 0 aliphatic carbocycles. The molecular formula is C25H37FN2O2. The van der Waals surface area contributed by atoms with Crippen LogP contribution in [0.3, 0.4) is 0 Å². The Labute approximate surface area is 181 Å². The predicted molar refractivity (Wildman–Crippen MR) is 123 cm³/mol. The third-order valence-corrected chi connectivity index (χ3v) is 5.16. The van der Waals surface area contributed by atoms with Crippen LogP contribution in [0.4, 0.5) is 4.39 Å². The van der Waals surface area contributed by atoms with Gasteiger partial charge in [0.15, 0.2) is 0 Å². The van der Waals surface area contributed by atoms with Gasteiger partial charge in [0.2, 0.25) is 0 Å². The van der Waals surface area contributed by atoms with Crippen molar-refractivity contribution in [2.24, 2.45) is 0 Å². The van der Waals surface area contributed by atoms with Crippen LogP contribution in [0.5, 0.6) is 0 Å². The third kappa shape index (κ3) is 9.40. The van der Waals surface area contributed by atoms with Crippen LogP contribution in [0.2, 0.25) is 0 Å². The zero-order valence-electron chi connectivity index (χ0n) is 18.8. The van der Waals surface area contributed by atoms with Crippen molar-refractivity contribution in [3.05, 3.63) is 71.7 Å². The van der Waals surface area contributed by atoms with Crippen LogP contribution in [-0.4, -0.2) is 47.6 Å². The van der Waals surface area contributed by atoms with Gasteiger partial charge in [-0.25, -0.2) is 4.39 Å². The molecule has 0 aliphatic heterocycles. The van der Waals surface area contributed by atoms with Gasteiger partial charge in [0.1, 0.15) is 5.82 Å². The van der Waals surface area contributed by atoms with Gasteiger partial charge in [-0.2, -0.15) is 0 Å². The molecule has 30 heavy (non-hydrogen) atoms. The molecule has 0 bridgehead atoms. The van der Waals surface area contributed by atoms with Crippen molar-refractivity contribution in [2.75, 3.05) is 26.7 Å². The molecule has 166 valence electrons. The molecule has 0 aliphatic rings. The van der Waals surface area contributed by atoms with Gasteiger partial charge in [0.25, 0.3) is 0 Å². The third-order valence-electron chi connectivity index (χ3n) is 5.16. The van der Waals surface area contributed by atoms with Crippen molar-refractivity contribution in [2.45, 2.75) is 52.5 Å². The minimum atomic E-state index is -0.915. The molecule has 1 aromatic carbocycles. The highest BCUT2D eigenvalue weighted by molar-refractivity contribution is 5.67. The fourth-order valence-corrected chi connectivity index (χ4v) is 3.39. The molecule has 0 fully saturated rings. The van der Waals surface area contributed by atoms with Gasteiger partial charge in [-0.05, 0) is 62.9 Å². The van der Waals surface area contributed by atoms with E-state index in [1.165, 1.54) is 11.8 Å². The highest BCUT2D eigenvalue weighted by Gasteiger charge is 2.12. The van der Waals surface area contributed by atoms with E-state index in [0.717, 1.165) is 50.0 Å². The normalized spacial score (nSPS) is 11.6. The number of aryl methyl sites for hydroxylation is 1. The number of rotatable bonds is 15. The summed E-state index contributed by atoms with van der Waals surface area (Å²) < 4.78 is 14.3. The van der Waals surface area contributed by atoms with Crippen LogP contribution in [0.25, 0.3) is 0 Å². The summed E-state index contributed by atoms with van der Waals surface area (Å²) in [6.45, 7) is 15.4. The molecule has 1 N–H and O–H groups in total. The van der Waals surface area contributed by atoms with E-state index in [-0.39, 0.29) is 18.7 Å². The number of hydrogen-bond acceptors (Lipinski definition) is 3. The van der Waals surface area contributed by atoms with E-state index in [1.807, 2.05) is 26.1 Å². The summed E-state index contributed by atoms with van der Waals surface area (Å²) in [7, 11) is 2.02. The van der Waals surface area contributed by atoms with E-state index in [9.17, 15) is 9.18 Å². The average molecular weight is 417 g/mol. The number of carboxylic acid groups (broad SMARTS) is 1. The van der Waals surface area contributed by atoms with Gasteiger partial charge in [-0.3, -0.25) is 9.69 Å². The van der Waals surface area contributed by atoms with E-state index < -0.39 is 5.97 Å². The Bertz CT molecular complexity index is 743. The summed E-state index contributed by atoms with van der Waals surface area (Å²) in [5.74, 6) is -1.25. The monoisotopic (exact) mass is 416 g/mol. The Morgan fingerprint density at radius 3 is 2.57 bits per heavy atom. The molecule has 5 heteroatoms. The van der Waals surface area contributed by atoms with Crippen molar-refractivity contribution < 1.29 is 14.3 Å². The van der Waals surface area contributed by atoms with Gasteiger partial charge in [0.05, 0.1) is 0 Å². The lowest BCUT2D eigenvalue weighted by Crippen LogP contribution is -2.33. The lowest BCUT2D eigenvalue weighted by atomic mass is 10.1. The lowest BCUT2D eigenvalue weighted by Gasteiger charge is -2.29. The molecule has 0 atom stereocenters. The zero-order chi connectivity index (χ0) is 22.5. The molecule has 0 unspecified atom stereocenters. The fraction of sp³-hybridized carbons (Fsp3) is 0.480. The van der Waals surface area contributed by atoms with Crippen molar-refractivity contribution in [3.8, 4) is 0 Å². The van der Waals surface area contributed by atoms with E-state index in [1.54, 1.807) is 6.07 Å². The molecule has 1 rings (SSSR count). The minimum absolute atomic E-state index is 0.0632. The largest absolute Gasteiger partial charge is 0.481 e. The molecule has 0 spiro atoms. The predicted octanol–water partition coefficient (Wildman–Crippen LogP) is 5.41. The summed E-state index contributed by atoms with van der Waals surface area (Å²) in [6.07, 6.45) is 7.18. The fourth-order valence-electron chi connectivity index (χ4n) is 3.39. The number of nitrogens with zero attached hydrogens (tertiary/aromatic N) is 2. The van der Waals surface area contributed by atoms with Crippen LogP contribution < -0.4 is 0 Å². The quantitative estimate of drug-likeness (QED) is 0.388. The highest BCUT2D eigenvalue weighted by atomic mass is 19.1. The standard InChI is InChI=1S/C25H37FN2O2/c1-6-15-28(16-9-10-20(4)7-2)19-23(8-3)27(5)18-21-11-12-22(24(26)17-21)13-14-25(29)30/h7-8,11-12,17H,2,4,6,9-10,13-16,18-19H2,1,3,5H3,(H,29,30)/b23-8+. The maximum Gasteiger partial charge on any atom is 0.303 e. The molecule has 0 saturated carbocycles. The molecule has 0 aromatic heterocycles. The Morgan fingerprint density at radius 2 is 2.00 bits per heavy atom. The number of benzene rings is 1. The van der Waals surface area contributed by atoms with Gasteiger partial charge in [-0.1, -0.05) is 49.9 Å². The average Bonchev–Trinajstić information content (AvgIpc) is 2.70. The summed E-state index contributed by atoms with van der Waals surface area (Å²) in [5.41, 5.74) is 3.59. The van der Waals surface area contributed by atoms with Gasteiger partial charge >= 0.3 is 5.97 Å². The molecular weight excluding hydrogens is 379 g/mol. The summed E-state index contributed by atoms with van der Waals surface area (Å²) >= 11 is 0. The number of carbonyl (C=O) groups is 1. The first-order chi connectivity index (χ1) is 14.3. The number of halogens is 1. The summed E-state index contributed by atoms with van der Waals surface area (Å²) in [4.78, 5) is 15.3. The van der Waals surface area contributed by atoms with Crippen LogP contribution in [-0.2, 0) is 17.8 Å². The van der Waals surface area contributed by atoms with Gasteiger partial charge in [0, 0.05) is 32.3 Å². The zero-order valence-corrected chi connectivity index (χ0v) is 18.8. The second-order valence-electron chi connectivity index (χ2n) is 7.70. The van der Waals surface area contributed by atoms with Gasteiger partial charge in [-0.15, -0.1) is 0 Å². The van der Waals surface area contributed by atoms with Crippen molar-refractivity contribution in [3.63, 3.8) is 0 Å². The van der Waals surface area contributed by atoms with Crippen LogP contribution in [0.1, 0.15) is 50.7 Å². The highest BCUT2D eigenvalue weighted by Crippen LogP contribution is 2.17. The van der Waals surface area contributed by atoms with Crippen LogP contribution in [0, 0.1) is 5.82 Å². The SMILES string of the molecule is C=CC(=C)CCCN(CCC)C/C(=C\C)N(C)Cc1ccc(CCC(=O)O)c(F)c1. The Balaban J connectivity index is 2.70. The first-order valence-electron chi connectivity index (χ1n) is 10.7. The first-order valence-corrected chi connectivity index (χ1v) is 10.7. The first kappa shape index (κ1) is 25.6. The molecule has 0 heterocycles. The summed E-state index contributed by atoms with van der Waals surface area (Å²) in [6, 6.07) is 5.10. The van der Waals surface area contributed by atoms with E-state index in [4.69, 9.17) is 5.11 Å². The minimum Gasteiger partial charge on any atom is -0.481 e. The van der Waals surface area contributed by atoms with Gasteiger partial charge < -0.3 is 10.0 Å². The van der Waals surface area contributed by atoms with Crippen molar-refractivity contribution in [1.29, 1.82) is 0 Å². The number of likely N-dealkylation sites (N-methyl/N-ethyl adjacent to an activating group) is 1. The lowest BCUT2D eigenvalue weighted by molar-refractivity contribution is -0.136. The Morgan fingerprint density at radius 1 is 1.27 bits per heavy atom.